The number of ether oxygens (including phenoxy) is 2. The third-order valence-corrected chi connectivity index (χ3v) is 6.78. The molecule has 3 rings (SSSR count). The Morgan fingerprint density at radius 2 is 2.06 bits per heavy atom. The van der Waals surface area contributed by atoms with Crippen LogP contribution in [0.5, 0.6) is 0 Å². The average Bonchev–Trinajstić information content (AvgIpc) is 2.96. The average molecular weight is 475 g/mol. The summed E-state index contributed by atoms with van der Waals surface area (Å²) >= 11 is 0. The van der Waals surface area contributed by atoms with Gasteiger partial charge in [0.2, 0.25) is 0 Å². The zero-order chi connectivity index (χ0) is 24.6. The maximum atomic E-state index is 12.8. The van der Waals surface area contributed by atoms with E-state index < -0.39 is 55.7 Å². The van der Waals surface area contributed by atoms with E-state index in [4.69, 9.17) is 9.47 Å². The van der Waals surface area contributed by atoms with Gasteiger partial charge in [-0.05, 0) is 6.07 Å². The zero-order valence-corrected chi connectivity index (χ0v) is 20.9. The van der Waals surface area contributed by atoms with Crippen LogP contribution in [0.4, 0.5) is 0 Å². The van der Waals surface area contributed by atoms with Crippen molar-refractivity contribution in [2.45, 2.75) is 51.9 Å². The van der Waals surface area contributed by atoms with E-state index >= 15 is 0 Å². The second-order valence-corrected chi connectivity index (χ2v) is 15.1. The van der Waals surface area contributed by atoms with Crippen molar-refractivity contribution >= 4 is 20.1 Å². The molecule has 2 aromatic rings. The number of nitrogens with zero attached hydrogens (tertiary/aromatic N) is 2. The Hall–Kier alpha value is -2.82. The SMILES string of the molecule is C[n+]1cccc(C(=O)OC2C(CO)OC(n3cc(/C=C/[Si](C)(C)C)c(=O)[nH]c3=O)C2(C)C)c1. The summed E-state index contributed by atoms with van der Waals surface area (Å²) in [4.78, 5) is 40.2. The lowest BCUT2D eigenvalue weighted by molar-refractivity contribution is -0.671. The van der Waals surface area contributed by atoms with Gasteiger partial charge in [-0.3, -0.25) is 14.3 Å². The number of carbonyl (C=O) groups is 1. The molecule has 0 radical (unpaired) electrons. The van der Waals surface area contributed by atoms with E-state index in [1.807, 2.05) is 5.70 Å². The molecule has 3 atom stereocenters. The molecular formula is C23H32N3O6Si+. The molecule has 33 heavy (non-hydrogen) atoms. The second kappa shape index (κ2) is 9.20. The smallest absolute Gasteiger partial charge is 0.344 e. The molecule has 1 aliphatic heterocycles. The monoisotopic (exact) mass is 474 g/mol. The van der Waals surface area contributed by atoms with Crippen LogP contribution in [0.15, 0.2) is 46.0 Å². The fraction of sp³-hybridized carbons (Fsp3) is 0.478. The summed E-state index contributed by atoms with van der Waals surface area (Å²) < 4.78 is 14.8. The molecule has 178 valence electrons. The Morgan fingerprint density at radius 3 is 2.67 bits per heavy atom. The minimum atomic E-state index is -1.58. The molecule has 3 unspecified atom stereocenters. The quantitative estimate of drug-likeness (QED) is 0.372. The molecule has 1 aliphatic rings. The summed E-state index contributed by atoms with van der Waals surface area (Å²) in [5.74, 6) is -0.556. The van der Waals surface area contributed by atoms with Crippen molar-refractivity contribution in [3.63, 3.8) is 0 Å². The first kappa shape index (κ1) is 24.8. The number of aromatic nitrogens is 3. The van der Waals surface area contributed by atoms with Gasteiger partial charge in [-0.1, -0.05) is 45.3 Å². The largest absolute Gasteiger partial charge is 0.455 e. The Bertz CT molecular complexity index is 1180. The van der Waals surface area contributed by atoms with Crippen LogP contribution in [0.2, 0.25) is 19.6 Å². The maximum absolute atomic E-state index is 12.8. The number of hydrogen-bond donors (Lipinski definition) is 2. The number of nitrogens with one attached hydrogen (secondary N) is 1. The van der Waals surface area contributed by atoms with E-state index in [1.165, 1.54) is 10.8 Å². The van der Waals surface area contributed by atoms with Gasteiger partial charge < -0.3 is 14.6 Å². The number of aliphatic hydroxyl groups is 1. The molecule has 9 nitrogen and oxygen atoms in total. The minimum absolute atomic E-state index is 0.328. The molecule has 2 N–H and O–H groups in total. The minimum Gasteiger partial charge on any atom is -0.455 e. The summed E-state index contributed by atoms with van der Waals surface area (Å²) in [6.45, 7) is 9.59. The number of esters is 1. The highest BCUT2D eigenvalue weighted by Gasteiger charge is 2.54. The number of aromatic amines is 1. The zero-order valence-electron chi connectivity index (χ0n) is 19.9. The molecule has 1 fully saturated rings. The van der Waals surface area contributed by atoms with Crippen LogP contribution in [0.3, 0.4) is 0 Å². The van der Waals surface area contributed by atoms with E-state index in [1.54, 1.807) is 56.1 Å². The molecule has 0 aromatic carbocycles. The summed E-state index contributed by atoms with van der Waals surface area (Å²) in [5, 5.41) is 9.93. The molecule has 0 saturated carbocycles. The fourth-order valence-electron chi connectivity index (χ4n) is 3.85. The molecule has 0 bridgehead atoms. The van der Waals surface area contributed by atoms with Crippen molar-refractivity contribution in [3.8, 4) is 0 Å². The Labute approximate surface area is 193 Å². The first-order chi connectivity index (χ1) is 15.3. The predicted octanol–water partition coefficient (Wildman–Crippen LogP) is 1.39. The van der Waals surface area contributed by atoms with Gasteiger partial charge in [0.05, 0.1) is 20.2 Å². The van der Waals surface area contributed by atoms with Crippen molar-refractivity contribution < 1.29 is 23.9 Å². The van der Waals surface area contributed by atoms with Crippen LogP contribution in [0.25, 0.3) is 6.08 Å². The van der Waals surface area contributed by atoms with Crippen LogP contribution in [-0.4, -0.2) is 47.5 Å². The Kier molecular flexibility index (Phi) is 6.92. The molecule has 3 heterocycles. The summed E-state index contributed by atoms with van der Waals surface area (Å²) in [6, 6.07) is 3.37. The van der Waals surface area contributed by atoms with Crippen molar-refractivity contribution in [2.24, 2.45) is 12.5 Å². The highest BCUT2D eigenvalue weighted by atomic mass is 28.3. The van der Waals surface area contributed by atoms with E-state index in [2.05, 4.69) is 24.6 Å². The highest BCUT2D eigenvalue weighted by molar-refractivity contribution is 6.81. The first-order valence-electron chi connectivity index (χ1n) is 10.8. The topological polar surface area (TPSA) is 114 Å². The normalized spacial score (nSPS) is 22.6. The number of hydrogen-bond acceptors (Lipinski definition) is 6. The summed E-state index contributed by atoms with van der Waals surface area (Å²) in [5.41, 5.74) is 0.683. The number of H-pyrrole nitrogens is 1. The number of aliphatic hydroxyl groups excluding tert-OH is 1. The molecule has 0 spiro atoms. The Morgan fingerprint density at radius 1 is 1.36 bits per heavy atom. The number of rotatable bonds is 6. The molecule has 2 aromatic heterocycles. The molecule has 0 amide bonds. The summed E-state index contributed by atoms with van der Waals surface area (Å²) in [6.07, 6.45) is 4.07. The van der Waals surface area contributed by atoms with E-state index in [0.29, 0.717) is 11.1 Å². The van der Waals surface area contributed by atoms with Gasteiger partial charge >= 0.3 is 11.7 Å². The third-order valence-electron chi connectivity index (χ3n) is 5.61. The molecular weight excluding hydrogens is 442 g/mol. The second-order valence-electron chi connectivity index (χ2n) is 10.1. The lowest BCUT2D eigenvalue weighted by Crippen LogP contribution is -2.42. The van der Waals surface area contributed by atoms with Gasteiger partial charge in [0.1, 0.15) is 31.0 Å². The highest BCUT2D eigenvalue weighted by Crippen LogP contribution is 2.46. The van der Waals surface area contributed by atoms with E-state index in [-0.39, 0.29) is 0 Å². The van der Waals surface area contributed by atoms with Gasteiger partial charge in [-0.25, -0.2) is 14.2 Å². The number of aryl methyl sites for hydroxylation is 1. The van der Waals surface area contributed by atoms with Crippen molar-refractivity contribution in [1.29, 1.82) is 0 Å². The number of pyridine rings is 1. The van der Waals surface area contributed by atoms with Crippen molar-refractivity contribution in [1.82, 2.24) is 9.55 Å². The van der Waals surface area contributed by atoms with Gasteiger partial charge in [0, 0.05) is 17.7 Å². The van der Waals surface area contributed by atoms with Gasteiger partial charge in [0.25, 0.3) is 5.56 Å². The van der Waals surface area contributed by atoms with Crippen LogP contribution in [-0.2, 0) is 16.5 Å². The first-order valence-corrected chi connectivity index (χ1v) is 14.4. The van der Waals surface area contributed by atoms with Crippen molar-refractivity contribution in [2.75, 3.05) is 6.61 Å². The third kappa shape index (κ3) is 5.40. The summed E-state index contributed by atoms with van der Waals surface area (Å²) in [7, 11) is 0.214. The van der Waals surface area contributed by atoms with Gasteiger partial charge in [0.15, 0.2) is 12.4 Å². The van der Waals surface area contributed by atoms with Crippen LogP contribution in [0, 0.1) is 5.41 Å². The lowest BCUT2D eigenvalue weighted by Gasteiger charge is -2.31. The van der Waals surface area contributed by atoms with Gasteiger partial charge in [-0.15, -0.1) is 0 Å². The predicted molar refractivity (Wildman–Crippen MR) is 125 cm³/mol. The fourth-order valence-corrected chi connectivity index (χ4v) is 4.53. The van der Waals surface area contributed by atoms with Crippen LogP contribution in [0.1, 0.15) is 36.0 Å². The molecule has 0 aliphatic carbocycles. The standard InChI is InChI=1S/C23H31N3O6Si/c1-23(2)18(32-20(29)16-8-7-10-25(3)12-16)17(14-27)31-21(23)26-13-15(9-11-33(4,5)6)19(28)24-22(26)30/h7-13,17-18,21,27H,14H2,1-6H3/p+1/b11-9+. The maximum Gasteiger partial charge on any atom is 0.344 e. The lowest BCUT2D eigenvalue weighted by atomic mass is 9.84. The van der Waals surface area contributed by atoms with Crippen LogP contribution < -0.4 is 15.8 Å². The number of carbonyl (C=O) groups excluding carboxylic acids is 1. The van der Waals surface area contributed by atoms with Crippen LogP contribution >= 0.6 is 0 Å². The molecule has 10 heteroatoms. The van der Waals surface area contributed by atoms with E-state index in [9.17, 15) is 19.5 Å². The van der Waals surface area contributed by atoms with Gasteiger partial charge in [-0.2, -0.15) is 0 Å². The van der Waals surface area contributed by atoms with Crippen molar-refractivity contribution in [3.05, 3.63) is 68.4 Å². The molecule has 1 saturated heterocycles. The van der Waals surface area contributed by atoms with E-state index in [0.717, 1.165) is 0 Å². The Balaban J connectivity index is 1.97.